The SMILES string of the molecule is OC1(Cc2cccc3ccccc23)CC2CCC1C2. The first-order valence-electron chi connectivity index (χ1n) is 7.44. The van der Waals surface area contributed by atoms with Crippen molar-refractivity contribution in [3.63, 3.8) is 0 Å². The van der Waals surface area contributed by atoms with Crippen LogP contribution in [0.4, 0.5) is 0 Å². The van der Waals surface area contributed by atoms with E-state index in [4.69, 9.17) is 0 Å². The second-order valence-corrected chi connectivity index (χ2v) is 6.50. The van der Waals surface area contributed by atoms with Gasteiger partial charge in [0.15, 0.2) is 0 Å². The molecule has 2 aromatic rings. The minimum Gasteiger partial charge on any atom is -0.389 e. The monoisotopic (exact) mass is 252 g/mol. The van der Waals surface area contributed by atoms with Gasteiger partial charge in [-0.05, 0) is 53.9 Å². The summed E-state index contributed by atoms with van der Waals surface area (Å²) in [5.74, 6) is 1.32. The first-order chi connectivity index (χ1) is 9.24. The lowest BCUT2D eigenvalue weighted by atomic mass is 9.79. The highest BCUT2D eigenvalue weighted by molar-refractivity contribution is 5.85. The molecule has 4 rings (SSSR count). The lowest BCUT2D eigenvalue weighted by molar-refractivity contribution is -0.0122. The van der Waals surface area contributed by atoms with Crippen molar-refractivity contribution < 1.29 is 5.11 Å². The highest BCUT2D eigenvalue weighted by atomic mass is 16.3. The molecule has 2 aliphatic rings. The lowest BCUT2D eigenvalue weighted by Gasteiger charge is -2.33. The molecule has 3 unspecified atom stereocenters. The van der Waals surface area contributed by atoms with E-state index >= 15 is 0 Å². The average Bonchev–Trinajstić information content (AvgIpc) is 2.99. The van der Waals surface area contributed by atoms with Gasteiger partial charge in [-0.3, -0.25) is 0 Å². The van der Waals surface area contributed by atoms with Crippen LogP contribution in [0.3, 0.4) is 0 Å². The van der Waals surface area contributed by atoms with Gasteiger partial charge >= 0.3 is 0 Å². The molecule has 1 N–H and O–H groups in total. The molecule has 0 radical (unpaired) electrons. The maximum atomic E-state index is 11.0. The van der Waals surface area contributed by atoms with Crippen LogP contribution in [-0.2, 0) is 6.42 Å². The van der Waals surface area contributed by atoms with Crippen molar-refractivity contribution in [3.8, 4) is 0 Å². The standard InChI is InChI=1S/C18H20O/c19-18(11-13-8-9-16(18)10-13)12-15-6-3-5-14-4-1-2-7-17(14)15/h1-7,13,16,19H,8-12H2. The van der Waals surface area contributed by atoms with Crippen LogP contribution in [0.5, 0.6) is 0 Å². The largest absolute Gasteiger partial charge is 0.389 e. The summed E-state index contributed by atoms with van der Waals surface area (Å²) in [5.41, 5.74) is 0.876. The van der Waals surface area contributed by atoms with E-state index in [1.807, 2.05) is 0 Å². The summed E-state index contributed by atoms with van der Waals surface area (Å²) in [7, 11) is 0. The van der Waals surface area contributed by atoms with Crippen LogP contribution < -0.4 is 0 Å². The summed E-state index contributed by atoms with van der Waals surface area (Å²) in [4.78, 5) is 0. The zero-order valence-corrected chi connectivity index (χ0v) is 11.2. The number of hydrogen-bond acceptors (Lipinski definition) is 1. The minimum absolute atomic E-state index is 0.437. The first-order valence-corrected chi connectivity index (χ1v) is 7.44. The Bertz CT molecular complexity index is 613. The molecule has 2 aromatic carbocycles. The molecule has 2 bridgehead atoms. The predicted octanol–water partition coefficient (Wildman–Crippen LogP) is 3.93. The molecule has 0 spiro atoms. The fourth-order valence-corrected chi connectivity index (χ4v) is 4.41. The smallest absolute Gasteiger partial charge is 0.0718 e. The van der Waals surface area contributed by atoms with Gasteiger partial charge in [0.1, 0.15) is 0 Å². The Morgan fingerprint density at radius 3 is 2.68 bits per heavy atom. The van der Waals surface area contributed by atoms with E-state index in [-0.39, 0.29) is 0 Å². The van der Waals surface area contributed by atoms with E-state index in [0.29, 0.717) is 5.92 Å². The molecule has 1 nitrogen and oxygen atoms in total. The summed E-state index contributed by atoms with van der Waals surface area (Å²) < 4.78 is 0. The molecule has 19 heavy (non-hydrogen) atoms. The summed E-state index contributed by atoms with van der Waals surface area (Å²) in [6.45, 7) is 0. The zero-order valence-electron chi connectivity index (χ0n) is 11.2. The maximum absolute atomic E-state index is 11.0. The van der Waals surface area contributed by atoms with Gasteiger partial charge in [0.2, 0.25) is 0 Å². The Kier molecular flexibility index (Phi) is 2.46. The summed E-state index contributed by atoms with van der Waals surface area (Å²) >= 11 is 0. The van der Waals surface area contributed by atoms with Gasteiger partial charge in [0.05, 0.1) is 5.60 Å². The third kappa shape index (κ3) is 1.80. The number of fused-ring (bicyclic) bond motifs is 3. The minimum atomic E-state index is -0.437. The van der Waals surface area contributed by atoms with E-state index in [9.17, 15) is 5.11 Å². The topological polar surface area (TPSA) is 20.2 Å². The van der Waals surface area contributed by atoms with E-state index in [2.05, 4.69) is 42.5 Å². The molecule has 0 aliphatic heterocycles. The molecule has 2 fully saturated rings. The van der Waals surface area contributed by atoms with Crippen molar-refractivity contribution in [3.05, 3.63) is 48.0 Å². The van der Waals surface area contributed by atoms with E-state index in [1.54, 1.807) is 0 Å². The summed E-state index contributed by atoms with van der Waals surface area (Å²) in [6.07, 6.45) is 5.66. The molecular formula is C18H20O. The van der Waals surface area contributed by atoms with Crippen LogP contribution in [0, 0.1) is 11.8 Å². The Labute approximate surface area is 114 Å². The Hall–Kier alpha value is -1.34. The second-order valence-electron chi connectivity index (χ2n) is 6.50. The Balaban J connectivity index is 1.72. The number of aliphatic hydroxyl groups is 1. The fraction of sp³-hybridized carbons (Fsp3) is 0.444. The fourth-order valence-electron chi connectivity index (χ4n) is 4.41. The zero-order chi connectivity index (χ0) is 12.9. The van der Waals surface area contributed by atoms with Crippen molar-refractivity contribution in [1.82, 2.24) is 0 Å². The van der Waals surface area contributed by atoms with Crippen molar-refractivity contribution in [1.29, 1.82) is 0 Å². The van der Waals surface area contributed by atoms with Crippen LogP contribution in [0.25, 0.3) is 10.8 Å². The van der Waals surface area contributed by atoms with Crippen LogP contribution in [-0.4, -0.2) is 10.7 Å². The average molecular weight is 252 g/mol. The van der Waals surface area contributed by atoms with Crippen molar-refractivity contribution in [2.24, 2.45) is 11.8 Å². The summed E-state index contributed by atoms with van der Waals surface area (Å²) in [6, 6.07) is 15.0. The Morgan fingerprint density at radius 1 is 1.05 bits per heavy atom. The number of rotatable bonds is 2. The van der Waals surface area contributed by atoms with Crippen molar-refractivity contribution >= 4 is 10.8 Å². The molecule has 0 amide bonds. The Morgan fingerprint density at radius 2 is 1.89 bits per heavy atom. The molecular weight excluding hydrogens is 232 g/mol. The van der Waals surface area contributed by atoms with Gasteiger partial charge in [-0.15, -0.1) is 0 Å². The molecule has 2 saturated carbocycles. The van der Waals surface area contributed by atoms with Crippen LogP contribution in [0.1, 0.15) is 31.2 Å². The number of hydrogen-bond donors (Lipinski definition) is 1. The third-order valence-corrected chi connectivity index (χ3v) is 5.32. The molecule has 0 aromatic heterocycles. The molecule has 0 heterocycles. The number of benzene rings is 2. The normalized spacial score (nSPS) is 33.1. The van der Waals surface area contributed by atoms with Crippen LogP contribution in [0.15, 0.2) is 42.5 Å². The molecule has 0 saturated heterocycles. The second kappa shape index (κ2) is 4.08. The summed E-state index contributed by atoms with van der Waals surface area (Å²) in [5, 5.41) is 13.6. The molecule has 98 valence electrons. The van der Waals surface area contributed by atoms with E-state index < -0.39 is 5.60 Å². The molecule has 1 heteroatoms. The highest BCUT2D eigenvalue weighted by Crippen LogP contribution is 2.52. The quantitative estimate of drug-likeness (QED) is 0.858. The van der Waals surface area contributed by atoms with Crippen molar-refractivity contribution in [2.45, 2.75) is 37.7 Å². The van der Waals surface area contributed by atoms with Gasteiger partial charge in [-0.1, -0.05) is 42.5 Å². The van der Waals surface area contributed by atoms with E-state index in [1.165, 1.54) is 35.6 Å². The van der Waals surface area contributed by atoms with Gasteiger partial charge in [0, 0.05) is 6.42 Å². The van der Waals surface area contributed by atoms with E-state index in [0.717, 1.165) is 18.8 Å². The highest BCUT2D eigenvalue weighted by Gasteiger charge is 2.49. The maximum Gasteiger partial charge on any atom is 0.0718 e. The van der Waals surface area contributed by atoms with Crippen molar-refractivity contribution in [2.75, 3.05) is 0 Å². The third-order valence-electron chi connectivity index (χ3n) is 5.32. The van der Waals surface area contributed by atoms with Crippen LogP contribution >= 0.6 is 0 Å². The van der Waals surface area contributed by atoms with Crippen LogP contribution in [0.2, 0.25) is 0 Å². The van der Waals surface area contributed by atoms with Gasteiger partial charge < -0.3 is 5.11 Å². The van der Waals surface area contributed by atoms with Gasteiger partial charge in [-0.25, -0.2) is 0 Å². The van der Waals surface area contributed by atoms with Gasteiger partial charge in [0.25, 0.3) is 0 Å². The molecule has 3 atom stereocenters. The first kappa shape index (κ1) is 11.5. The molecule has 2 aliphatic carbocycles. The van der Waals surface area contributed by atoms with Gasteiger partial charge in [-0.2, -0.15) is 0 Å². The predicted molar refractivity (Wildman–Crippen MR) is 78.0 cm³/mol. The lowest BCUT2D eigenvalue weighted by Crippen LogP contribution is -2.37.